The fourth-order valence-electron chi connectivity index (χ4n) is 3.99. The fraction of sp³-hybridized carbons (Fsp3) is 0.913. The second kappa shape index (κ2) is 14.0. The normalized spacial score (nSPS) is 21.2. The molecule has 158 valence electrons. The van der Waals surface area contributed by atoms with Crippen LogP contribution in [0.4, 0.5) is 0 Å². The number of carbonyl (C=O) groups is 2. The van der Waals surface area contributed by atoms with Crippen LogP contribution in [0.25, 0.3) is 0 Å². The quantitative estimate of drug-likeness (QED) is 0.280. The first-order valence-corrected chi connectivity index (χ1v) is 11.4. The standard InChI is InChI=1S/C23H42O4/c1-4-5-12-21(13-10-8-6-7-9-11-18(2)3)27-23(26)20-16-14-19(15-17-20)22(24)25/h18-21H,4-17H2,1-3H3,(H,24,25). The summed E-state index contributed by atoms with van der Waals surface area (Å²) in [5.74, 6) is -0.386. The van der Waals surface area contributed by atoms with E-state index in [0.717, 1.165) is 38.0 Å². The number of carboxylic acids is 1. The number of rotatable bonds is 14. The van der Waals surface area contributed by atoms with Crippen molar-refractivity contribution in [3.8, 4) is 0 Å². The van der Waals surface area contributed by atoms with Crippen LogP contribution in [0.3, 0.4) is 0 Å². The highest BCUT2D eigenvalue weighted by atomic mass is 16.5. The zero-order valence-corrected chi connectivity index (χ0v) is 17.9. The molecule has 0 aromatic carbocycles. The zero-order valence-electron chi connectivity index (χ0n) is 17.9. The number of ether oxygens (including phenoxy) is 1. The molecule has 4 heteroatoms. The van der Waals surface area contributed by atoms with E-state index in [1.165, 1.54) is 32.1 Å². The summed E-state index contributed by atoms with van der Waals surface area (Å²) in [6, 6.07) is 0. The zero-order chi connectivity index (χ0) is 20.1. The summed E-state index contributed by atoms with van der Waals surface area (Å²) in [6.07, 6.45) is 14.3. The minimum absolute atomic E-state index is 0.0466. The topological polar surface area (TPSA) is 63.6 Å². The summed E-state index contributed by atoms with van der Waals surface area (Å²) >= 11 is 0. The van der Waals surface area contributed by atoms with Crippen LogP contribution in [0, 0.1) is 17.8 Å². The first-order chi connectivity index (χ1) is 12.9. The van der Waals surface area contributed by atoms with Crippen molar-refractivity contribution in [2.45, 2.75) is 117 Å². The van der Waals surface area contributed by atoms with Crippen molar-refractivity contribution >= 4 is 11.9 Å². The molecule has 0 radical (unpaired) electrons. The number of esters is 1. The van der Waals surface area contributed by atoms with Gasteiger partial charge in [-0.15, -0.1) is 0 Å². The molecule has 1 aliphatic rings. The molecule has 1 rings (SSSR count). The third-order valence-electron chi connectivity index (χ3n) is 5.88. The van der Waals surface area contributed by atoms with E-state index in [1.54, 1.807) is 0 Å². The van der Waals surface area contributed by atoms with Crippen molar-refractivity contribution in [1.29, 1.82) is 0 Å². The van der Waals surface area contributed by atoms with Crippen LogP contribution in [-0.2, 0) is 14.3 Å². The first kappa shape index (κ1) is 24.0. The van der Waals surface area contributed by atoms with E-state index < -0.39 is 5.97 Å². The van der Waals surface area contributed by atoms with Crippen molar-refractivity contribution in [3.05, 3.63) is 0 Å². The van der Waals surface area contributed by atoms with Gasteiger partial charge in [0.05, 0.1) is 11.8 Å². The average Bonchev–Trinajstić information content (AvgIpc) is 2.64. The monoisotopic (exact) mass is 382 g/mol. The molecule has 4 nitrogen and oxygen atoms in total. The maximum absolute atomic E-state index is 12.5. The molecule has 1 unspecified atom stereocenters. The van der Waals surface area contributed by atoms with Gasteiger partial charge in [0.2, 0.25) is 0 Å². The molecular weight excluding hydrogens is 340 g/mol. The predicted molar refractivity (Wildman–Crippen MR) is 110 cm³/mol. The Kier molecular flexibility index (Phi) is 12.4. The van der Waals surface area contributed by atoms with Gasteiger partial charge in [-0.3, -0.25) is 9.59 Å². The molecule has 1 fully saturated rings. The second-order valence-electron chi connectivity index (χ2n) is 8.83. The molecule has 0 spiro atoms. The van der Waals surface area contributed by atoms with Gasteiger partial charge in [0.15, 0.2) is 0 Å². The molecular formula is C23H42O4. The van der Waals surface area contributed by atoms with Gasteiger partial charge in [-0.25, -0.2) is 0 Å². The summed E-state index contributed by atoms with van der Waals surface area (Å²) in [5.41, 5.74) is 0. The number of aliphatic carboxylic acids is 1. The number of carboxylic acid groups (broad SMARTS) is 1. The Morgan fingerprint density at radius 1 is 0.852 bits per heavy atom. The molecule has 0 bridgehead atoms. The minimum Gasteiger partial charge on any atom is -0.481 e. The van der Waals surface area contributed by atoms with Gasteiger partial charge in [-0.1, -0.05) is 65.7 Å². The number of carbonyl (C=O) groups excluding carboxylic acids is 1. The largest absolute Gasteiger partial charge is 0.481 e. The SMILES string of the molecule is CCCCC(CCCCCCCC(C)C)OC(=O)C1CCC(C(=O)O)CC1. The summed E-state index contributed by atoms with van der Waals surface area (Å²) in [7, 11) is 0. The molecule has 0 amide bonds. The van der Waals surface area contributed by atoms with Gasteiger partial charge in [0, 0.05) is 0 Å². The minimum atomic E-state index is -0.726. The van der Waals surface area contributed by atoms with E-state index in [0.29, 0.717) is 25.7 Å². The summed E-state index contributed by atoms with van der Waals surface area (Å²) in [6.45, 7) is 6.72. The van der Waals surface area contributed by atoms with Crippen LogP contribution in [0.5, 0.6) is 0 Å². The van der Waals surface area contributed by atoms with Crippen LogP contribution in [-0.4, -0.2) is 23.1 Å². The van der Waals surface area contributed by atoms with Gasteiger partial charge < -0.3 is 9.84 Å². The third kappa shape index (κ3) is 10.8. The lowest BCUT2D eigenvalue weighted by Crippen LogP contribution is -2.29. The molecule has 27 heavy (non-hydrogen) atoms. The fourth-order valence-corrected chi connectivity index (χ4v) is 3.99. The Balaban J connectivity index is 2.28. The lowest BCUT2D eigenvalue weighted by molar-refractivity contribution is -0.158. The Morgan fingerprint density at radius 3 is 1.93 bits per heavy atom. The highest BCUT2D eigenvalue weighted by molar-refractivity contribution is 5.74. The van der Waals surface area contributed by atoms with E-state index in [1.807, 2.05) is 0 Å². The van der Waals surface area contributed by atoms with E-state index in [-0.39, 0.29) is 23.9 Å². The van der Waals surface area contributed by atoms with Crippen LogP contribution in [0.15, 0.2) is 0 Å². The second-order valence-corrected chi connectivity index (χ2v) is 8.83. The van der Waals surface area contributed by atoms with E-state index >= 15 is 0 Å². The molecule has 1 saturated carbocycles. The van der Waals surface area contributed by atoms with Gasteiger partial charge in [-0.2, -0.15) is 0 Å². The number of unbranched alkanes of at least 4 members (excludes halogenated alkanes) is 5. The van der Waals surface area contributed by atoms with Crippen LogP contribution in [0.2, 0.25) is 0 Å². The van der Waals surface area contributed by atoms with Crippen LogP contribution in [0.1, 0.15) is 111 Å². The van der Waals surface area contributed by atoms with Crippen molar-refractivity contribution in [2.24, 2.45) is 17.8 Å². The van der Waals surface area contributed by atoms with Crippen molar-refractivity contribution in [2.75, 3.05) is 0 Å². The molecule has 1 aliphatic carbocycles. The van der Waals surface area contributed by atoms with E-state index in [4.69, 9.17) is 9.84 Å². The molecule has 0 aromatic rings. The number of hydrogen-bond donors (Lipinski definition) is 1. The summed E-state index contributed by atoms with van der Waals surface area (Å²) in [4.78, 5) is 23.6. The summed E-state index contributed by atoms with van der Waals surface area (Å²) in [5, 5.41) is 9.09. The Labute approximate surface area is 166 Å². The predicted octanol–water partition coefficient (Wildman–Crippen LogP) is 6.37. The molecule has 1 atom stereocenters. The van der Waals surface area contributed by atoms with Gasteiger partial charge in [0.1, 0.15) is 6.10 Å². The molecule has 1 N–H and O–H groups in total. The highest BCUT2D eigenvalue weighted by Gasteiger charge is 2.31. The molecule has 0 aliphatic heterocycles. The Morgan fingerprint density at radius 2 is 1.37 bits per heavy atom. The van der Waals surface area contributed by atoms with Crippen LogP contribution < -0.4 is 0 Å². The average molecular weight is 383 g/mol. The molecule has 0 saturated heterocycles. The smallest absolute Gasteiger partial charge is 0.309 e. The Bertz CT molecular complexity index is 411. The summed E-state index contributed by atoms with van der Waals surface area (Å²) < 4.78 is 5.86. The van der Waals surface area contributed by atoms with Gasteiger partial charge in [-0.05, 0) is 50.9 Å². The molecule has 0 aromatic heterocycles. The van der Waals surface area contributed by atoms with Gasteiger partial charge >= 0.3 is 11.9 Å². The highest BCUT2D eigenvalue weighted by Crippen LogP contribution is 2.30. The van der Waals surface area contributed by atoms with Crippen molar-refractivity contribution in [3.63, 3.8) is 0 Å². The van der Waals surface area contributed by atoms with E-state index in [2.05, 4.69) is 20.8 Å². The Hall–Kier alpha value is -1.06. The van der Waals surface area contributed by atoms with Crippen LogP contribution >= 0.6 is 0 Å². The lowest BCUT2D eigenvalue weighted by atomic mass is 9.82. The molecule has 0 heterocycles. The first-order valence-electron chi connectivity index (χ1n) is 11.4. The van der Waals surface area contributed by atoms with Crippen molar-refractivity contribution < 1.29 is 19.4 Å². The maximum atomic E-state index is 12.5. The third-order valence-corrected chi connectivity index (χ3v) is 5.88. The van der Waals surface area contributed by atoms with Crippen molar-refractivity contribution in [1.82, 2.24) is 0 Å². The number of hydrogen-bond acceptors (Lipinski definition) is 3. The lowest BCUT2D eigenvalue weighted by Gasteiger charge is -2.27. The van der Waals surface area contributed by atoms with E-state index in [9.17, 15) is 9.59 Å². The maximum Gasteiger partial charge on any atom is 0.309 e. The van der Waals surface area contributed by atoms with Gasteiger partial charge in [0.25, 0.3) is 0 Å².